The van der Waals surface area contributed by atoms with Gasteiger partial charge in [-0.25, -0.2) is 0 Å². The first kappa shape index (κ1) is 12.8. The molecule has 5 heteroatoms. The number of piperidine rings is 1. The number of nitrogens with zero attached hydrogens (tertiary/aromatic N) is 2. The lowest BCUT2D eigenvalue weighted by atomic mass is 10.1. The second-order valence-corrected chi connectivity index (χ2v) is 5.02. The molecule has 0 aromatic rings. The van der Waals surface area contributed by atoms with Gasteiger partial charge >= 0.3 is 0 Å². The van der Waals surface area contributed by atoms with Crippen molar-refractivity contribution < 1.29 is 9.90 Å². The van der Waals surface area contributed by atoms with E-state index in [2.05, 4.69) is 10.2 Å². The number of aliphatic hydroxyl groups excluding tert-OH is 1. The molecule has 0 saturated carbocycles. The molecule has 0 aromatic heterocycles. The number of carbonyl (C=O) groups is 1. The van der Waals surface area contributed by atoms with Crippen molar-refractivity contribution in [3.05, 3.63) is 0 Å². The van der Waals surface area contributed by atoms with Crippen molar-refractivity contribution in [1.29, 1.82) is 0 Å². The van der Waals surface area contributed by atoms with Gasteiger partial charge in [0.1, 0.15) is 0 Å². The van der Waals surface area contributed by atoms with Crippen LogP contribution in [0.15, 0.2) is 0 Å². The molecular weight excluding hydrogens is 218 g/mol. The average Bonchev–Trinajstić information content (AvgIpc) is 2.39. The lowest BCUT2D eigenvalue weighted by Gasteiger charge is -2.37. The summed E-state index contributed by atoms with van der Waals surface area (Å²) in [5, 5.41) is 12.7. The summed E-state index contributed by atoms with van der Waals surface area (Å²) in [6.07, 6.45) is 1.41. The normalized spacial score (nSPS) is 25.9. The van der Waals surface area contributed by atoms with Gasteiger partial charge in [-0.3, -0.25) is 9.69 Å². The first-order chi connectivity index (χ1) is 8.18. The van der Waals surface area contributed by atoms with E-state index >= 15 is 0 Å². The van der Waals surface area contributed by atoms with Crippen molar-refractivity contribution in [2.75, 3.05) is 39.3 Å². The van der Waals surface area contributed by atoms with E-state index < -0.39 is 0 Å². The standard InChI is InChI=1S/C12H23N3O2/c1-10(14-6-2-11(16)3-7-14)12(17)15-8-4-13-5-9-15/h10-11,13,16H,2-9H2,1H3. The zero-order valence-corrected chi connectivity index (χ0v) is 10.6. The lowest BCUT2D eigenvalue weighted by molar-refractivity contribution is -0.137. The van der Waals surface area contributed by atoms with Crippen LogP contribution in [0.3, 0.4) is 0 Å². The molecular formula is C12H23N3O2. The maximum Gasteiger partial charge on any atom is 0.239 e. The third kappa shape index (κ3) is 3.18. The van der Waals surface area contributed by atoms with Crippen LogP contribution in [-0.4, -0.2) is 72.2 Å². The van der Waals surface area contributed by atoms with Crippen LogP contribution in [0.1, 0.15) is 19.8 Å². The quantitative estimate of drug-likeness (QED) is 0.669. The largest absolute Gasteiger partial charge is 0.393 e. The van der Waals surface area contributed by atoms with E-state index in [4.69, 9.17) is 0 Å². The van der Waals surface area contributed by atoms with E-state index in [-0.39, 0.29) is 18.1 Å². The van der Waals surface area contributed by atoms with Crippen LogP contribution in [0.4, 0.5) is 0 Å². The molecule has 2 rings (SSSR count). The van der Waals surface area contributed by atoms with Crippen molar-refractivity contribution in [1.82, 2.24) is 15.1 Å². The minimum atomic E-state index is -0.173. The predicted octanol–water partition coefficient (Wildman–Crippen LogP) is -0.737. The number of hydrogen-bond acceptors (Lipinski definition) is 4. The Bertz CT molecular complexity index is 258. The topological polar surface area (TPSA) is 55.8 Å². The van der Waals surface area contributed by atoms with Crippen molar-refractivity contribution in [3.8, 4) is 0 Å². The molecule has 0 aromatic carbocycles. The van der Waals surface area contributed by atoms with Gasteiger partial charge < -0.3 is 15.3 Å². The predicted molar refractivity (Wildman–Crippen MR) is 65.7 cm³/mol. The van der Waals surface area contributed by atoms with Crippen LogP contribution < -0.4 is 5.32 Å². The third-order valence-corrected chi connectivity index (χ3v) is 3.83. The number of likely N-dealkylation sites (tertiary alicyclic amines) is 1. The second kappa shape index (κ2) is 5.80. The van der Waals surface area contributed by atoms with Crippen LogP contribution in [0.25, 0.3) is 0 Å². The van der Waals surface area contributed by atoms with E-state index in [0.717, 1.165) is 52.1 Å². The van der Waals surface area contributed by atoms with Gasteiger partial charge in [0.25, 0.3) is 0 Å². The molecule has 0 radical (unpaired) electrons. The molecule has 2 saturated heterocycles. The fourth-order valence-electron chi connectivity index (χ4n) is 2.58. The Morgan fingerprint density at radius 3 is 2.41 bits per heavy atom. The van der Waals surface area contributed by atoms with Crippen LogP contribution in [0, 0.1) is 0 Å². The number of hydrogen-bond donors (Lipinski definition) is 2. The molecule has 1 unspecified atom stereocenters. The monoisotopic (exact) mass is 241 g/mol. The fraction of sp³-hybridized carbons (Fsp3) is 0.917. The van der Waals surface area contributed by atoms with Crippen molar-refractivity contribution in [2.24, 2.45) is 0 Å². The molecule has 2 fully saturated rings. The molecule has 98 valence electrons. The molecule has 2 aliphatic rings. The van der Waals surface area contributed by atoms with E-state index in [9.17, 15) is 9.90 Å². The summed E-state index contributed by atoms with van der Waals surface area (Å²) in [6, 6.07) is -0.0411. The second-order valence-electron chi connectivity index (χ2n) is 5.02. The van der Waals surface area contributed by atoms with E-state index in [0.29, 0.717) is 0 Å². The molecule has 1 atom stereocenters. The summed E-state index contributed by atoms with van der Waals surface area (Å²) >= 11 is 0. The van der Waals surface area contributed by atoms with E-state index in [1.165, 1.54) is 0 Å². The van der Waals surface area contributed by atoms with Gasteiger partial charge in [0.05, 0.1) is 12.1 Å². The number of nitrogens with one attached hydrogen (secondary N) is 1. The Morgan fingerprint density at radius 1 is 1.24 bits per heavy atom. The lowest BCUT2D eigenvalue weighted by Crippen LogP contribution is -2.54. The van der Waals surface area contributed by atoms with E-state index in [1.807, 2.05) is 11.8 Å². The van der Waals surface area contributed by atoms with Gasteiger partial charge in [0.15, 0.2) is 0 Å². The van der Waals surface area contributed by atoms with Crippen molar-refractivity contribution >= 4 is 5.91 Å². The Balaban J connectivity index is 1.85. The molecule has 2 N–H and O–H groups in total. The van der Waals surface area contributed by atoms with Crippen LogP contribution in [-0.2, 0) is 4.79 Å². The number of aliphatic hydroxyl groups is 1. The number of piperazine rings is 1. The summed E-state index contributed by atoms with van der Waals surface area (Å²) < 4.78 is 0. The highest BCUT2D eigenvalue weighted by Gasteiger charge is 2.29. The maximum atomic E-state index is 12.3. The van der Waals surface area contributed by atoms with Gasteiger partial charge in [-0.15, -0.1) is 0 Å². The number of carbonyl (C=O) groups excluding carboxylic acids is 1. The maximum absolute atomic E-state index is 12.3. The van der Waals surface area contributed by atoms with Crippen LogP contribution in [0.5, 0.6) is 0 Å². The number of rotatable bonds is 2. The first-order valence-corrected chi connectivity index (χ1v) is 6.60. The van der Waals surface area contributed by atoms with Gasteiger partial charge in [-0.05, 0) is 19.8 Å². The molecule has 2 heterocycles. The molecule has 1 amide bonds. The van der Waals surface area contributed by atoms with E-state index in [1.54, 1.807) is 0 Å². The fourth-order valence-corrected chi connectivity index (χ4v) is 2.58. The average molecular weight is 241 g/mol. The Kier molecular flexibility index (Phi) is 4.36. The minimum absolute atomic E-state index is 0.0411. The molecule has 2 aliphatic heterocycles. The molecule has 0 spiro atoms. The van der Waals surface area contributed by atoms with Crippen LogP contribution >= 0.6 is 0 Å². The summed E-state index contributed by atoms with van der Waals surface area (Å²) in [5.41, 5.74) is 0. The Labute approximate surface area is 103 Å². The van der Waals surface area contributed by atoms with Crippen molar-refractivity contribution in [3.63, 3.8) is 0 Å². The van der Waals surface area contributed by atoms with Gasteiger partial charge in [0, 0.05) is 39.3 Å². The van der Waals surface area contributed by atoms with Gasteiger partial charge in [-0.2, -0.15) is 0 Å². The molecule has 0 bridgehead atoms. The summed E-state index contributed by atoms with van der Waals surface area (Å²) in [5.74, 6) is 0.239. The molecule has 0 aliphatic carbocycles. The highest BCUT2D eigenvalue weighted by atomic mass is 16.3. The minimum Gasteiger partial charge on any atom is -0.393 e. The van der Waals surface area contributed by atoms with Gasteiger partial charge in [-0.1, -0.05) is 0 Å². The highest BCUT2D eigenvalue weighted by Crippen LogP contribution is 2.14. The summed E-state index contributed by atoms with van der Waals surface area (Å²) in [6.45, 7) is 7.09. The summed E-state index contributed by atoms with van der Waals surface area (Å²) in [4.78, 5) is 16.4. The first-order valence-electron chi connectivity index (χ1n) is 6.60. The Hall–Kier alpha value is -0.650. The zero-order chi connectivity index (χ0) is 12.3. The molecule has 17 heavy (non-hydrogen) atoms. The SMILES string of the molecule is CC(C(=O)N1CCNCC1)N1CCC(O)CC1. The summed E-state index contributed by atoms with van der Waals surface area (Å²) in [7, 11) is 0. The smallest absolute Gasteiger partial charge is 0.239 e. The van der Waals surface area contributed by atoms with Gasteiger partial charge in [0.2, 0.25) is 5.91 Å². The van der Waals surface area contributed by atoms with Crippen molar-refractivity contribution in [2.45, 2.75) is 31.9 Å². The zero-order valence-electron chi connectivity index (χ0n) is 10.6. The Morgan fingerprint density at radius 2 is 1.82 bits per heavy atom. The highest BCUT2D eigenvalue weighted by molar-refractivity contribution is 5.81. The molecule has 5 nitrogen and oxygen atoms in total. The number of amides is 1. The third-order valence-electron chi connectivity index (χ3n) is 3.83. The van der Waals surface area contributed by atoms with Crippen LogP contribution in [0.2, 0.25) is 0 Å².